The summed E-state index contributed by atoms with van der Waals surface area (Å²) in [6.45, 7) is 1.93. The van der Waals surface area contributed by atoms with Crippen LogP contribution in [0.4, 0.5) is 5.69 Å². The number of para-hydroxylation sites is 1. The van der Waals surface area contributed by atoms with E-state index in [0.717, 1.165) is 6.42 Å². The molecule has 0 aliphatic heterocycles. The Morgan fingerprint density at radius 2 is 2.00 bits per heavy atom. The third-order valence-electron chi connectivity index (χ3n) is 2.50. The number of aliphatic hydroxyl groups excluding tert-OH is 2. The van der Waals surface area contributed by atoms with Gasteiger partial charge >= 0.3 is 112 Å². The van der Waals surface area contributed by atoms with E-state index in [1.807, 2.05) is 6.92 Å². The molecule has 5 nitrogen and oxygen atoms in total. The molecule has 2 N–H and O–H groups in total. The summed E-state index contributed by atoms with van der Waals surface area (Å²) in [6, 6.07) is 6.54. The normalized spacial score (nSPS) is 14.2. The Morgan fingerprint density at radius 1 is 1.33 bits per heavy atom. The molecule has 2 atom stereocenters. The number of nitro groups is 1. The Bertz CT molecular complexity index is 399. The molecule has 1 rings (SSSR count). The molecule has 0 aromatic heterocycles. The third kappa shape index (κ3) is 4.38. The summed E-state index contributed by atoms with van der Waals surface area (Å²) in [4.78, 5) is 10.4. The molecular formula is C12H17NO4Se. The molecule has 1 aromatic rings. The van der Waals surface area contributed by atoms with Crippen LogP contribution in [0.15, 0.2) is 24.3 Å². The van der Waals surface area contributed by atoms with Gasteiger partial charge in [-0.3, -0.25) is 0 Å². The van der Waals surface area contributed by atoms with Gasteiger partial charge in [0.1, 0.15) is 0 Å². The average molecular weight is 318 g/mol. The molecule has 0 saturated heterocycles. The van der Waals surface area contributed by atoms with E-state index in [2.05, 4.69) is 0 Å². The van der Waals surface area contributed by atoms with Crippen LogP contribution in [0.2, 0.25) is 5.32 Å². The minimum absolute atomic E-state index is 0.0923. The predicted molar refractivity (Wildman–Crippen MR) is 70.2 cm³/mol. The predicted octanol–water partition coefficient (Wildman–Crippen LogP) is 0.864. The van der Waals surface area contributed by atoms with Crippen LogP contribution in [-0.2, 0) is 0 Å². The quantitative estimate of drug-likeness (QED) is 0.444. The van der Waals surface area contributed by atoms with Gasteiger partial charge < -0.3 is 0 Å². The van der Waals surface area contributed by atoms with E-state index in [1.54, 1.807) is 18.2 Å². The first-order chi connectivity index (χ1) is 8.56. The zero-order valence-electron chi connectivity index (χ0n) is 10.2. The van der Waals surface area contributed by atoms with Crippen molar-refractivity contribution in [3.05, 3.63) is 34.4 Å². The topological polar surface area (TPSA) is 83.6 Å². The molecule has 0 saturated carbocycles. The van der Waals surface area contributed by atoms with Gasteiger partial charge in [0, 0.05) is 0 Å². The van der Waals surface area contributed by atoms with Gasteiger partial charge in [0.25, 0.3) is 0 Å². The van der Waals surface area contributed by atoms with Crippen molar-refractivity contribution in [2.45, 2.75) is 37.3 Å². The minimum atomic E-state index is -0.801. The van der Waals surface area contributed by atoms with E-state index in [0.29, 0.717) is 16.2 Å². The number of hydrogen-bond donors (Lipinski definition) is 2. The van der Waals surface area contributed by atoms with Gasteiger partial charge in [-0.2, -0.15) is 0 Å². The molecule has 0 aliphatic rings. The molecule has 0 unspecified atom stereocenters. The van der Waals surface area contributed by atoms with Crippen molar-refractivity contribution in [1.29, 1.82) is 0 Å². The number of aliphatic hydroxyl groups is 2. The number of nitro benzene ring substituents is 1. The number of nitrogens with zero attached hydrogens (tertiary/aromatic N) is 1. The molecular weight excluding hydrogens is 301 g/mol. The first kappa shape index (κ1) is 15.1. The van der Waals surface area contributed by atoms with Crippen molar-refractivity contribution in [1.82, 2.24) is 0 Å². The van der Waals surface area contributed by atoms with E-state index in [1.165, 1.54) is 6.07 Å². The summed E-state index contributed by atoms with van der Waals surface area (Å²) in [6.07, 6.45) is -0.186. The van der Waals surface area contributed by atoms with Crippen LogP contribution in [0.5, 0.6) is 0 Å². The van der Waals surface area contributed by atoms with Crippen molar-refractivity contribution >= 4 is 25.1 Å². The van der Waals surface area contributed by atoms with E-state index in [9.17, 15) is 20.3 Å². The second-order valence-electron chi connectivity index (χ2n) is 3.96. The molecule has 0 fully saturated rings. The SMILES string of the molecule is CCC[C@@H](O)[C@H](O)C[Se]c1ccccc1[N+](=O)[O-]. The van der Waals surface area contributed by atoms with Crippen molar-refractivity contribution in [2.24, 2.45) is 0 Å². The molecule has 0 radical (unpaired) electrons. The fraction of sp³-hybridized carbons (Fsp3) is 0.500. The van der Waals surface area contributed by atoms with E-state index >= 15 is 0 Å². The van der Waals surface area contributed by atoms with Crippen LogP contribution in [0.1, 0.15) is 19.8 Å². The average Bonchev–Trinajstić information content (AvgIpc) is 2.36. The van der Waals surface area contributed by atoms with Crippen LogP contribution in [-0.4, -0.2) is 42.3 Å². The van der Waals surface area contributed by atoms with Crippen molar-refractivity contribution in [3.8, 4) is 0 Å². The van der Waals surface area contributed by atoms with Gasteiger partial charge in [-0.05, 0) is 0 Å². The standard InChI is InChI=1S/C12H17NO4Se/c1-2-5-10(14)11(15)8-18-12-7-4-3-6-9(12)13(16)17/h3-4,6-7,10-11,14-15H,2,5,8H2,1H3/t10-,11-/m1/s1. The first-order valence-electron chi connectivity index (χ1n) is 5.78. The van der Waals surface area contributed by atoms with Crippen molar-refractivity contribution < 1.29 is 15.1 Å². The second kappa shape index (κ2) is 7.48. The number of hydrogen-bond acceptors (Lipinski definition) is 4. The van der Waals surface area contributed by atoms with Crippen molar-refractivity contribution in [3.63, 3.8) is 0 Å². The van der Waals surface area contributed by atoms with Crippen LogP contribution in [0.3, 0.4) is 0 Å². The van der Waals surface area contributed by atoms with Gasteiger partial charge in [-0.25, -0.2) is 0 Å². The molecule has 1 aromatic carbocycles. The van der Waals surface area contributed by atoms with Crippen LogP contribution >= 0.6 is 0 Å². The molecule has 0 bridgehead atoms. The zero-order valence-corrected chi connectivity index (χ0v) is 11.9. The number of rotatable bonds is 7. The molecule has 6 heteroatoms. The van der Waals surface area contributed by atoms with E-state index in [4.69, 9.17) is 0 Å². The Morgan fingerprint density at radius 3 is 2.61 bits per heavy atom. The van der Waals surface area contributed by atoms with Crippen LogP contribution < -0.4 is 4.46 Å². The van der Waals surface area contributed by atoms with Gasteiger partial charge in [-0.1, -0.05) is 0 Å². The summed E-state index contributed by atoms with van der Waals surface area (Å²) in [5.74, 6) is 0. The van der Waals surface area contributed by atoms with Crippen molar-refractivity contribution in [2.75, 3.05) is 0 Å². The van der Waals surface area contributed by atoms with Crippen LogP contribution in [0.25, 0.3) is 0 Å². The van der Waals surface area contributed by atoms with Crippen LogP contribution in [0, 0.1) is 10.1 Å². The van der Waals surface area contributed by atoms with Gasteiger partial charge in [0.2, 0.25) is 0 Å². The molecule has 0 spiro atoms. The molecule has 100 valence electrons. The maximum absolute atomic E-state index is 10.8. The summed E-state index contributed by atoms with van der Waals surface area (Å²) in [7, 11) is 0. The molecule has 18 heavy (non-hydrogen) atoms. The summed E-state index contributed by atoms with van der Waals surface area (Å²) in [5.41, 5.74) is 0.0923. The van der Waals surface area contributed by atoms with Gasteiger partial charge in [0.05, 0.1) is 0 Å². The number of benzene rings is 1. The Labute approximate surface area is 112 Å². The third-order valence-corrected chi connectivity index (χ3v) is 4.94. The molecule has 0 heterocycles. The molecule has 0 aliphatic carbocycles. The fourth-order valence-electron chi connectivity index (χ4n) is 1.50. The van der Waals surface area contributed by atoms with E-state index < -0.39 is 17.1 Å². The monoisotopic (exact) mass is 319 g/mol. The van der Waals surface area contributed by atoms with E-state index in [-0.39, 0.29) is 20.6 Å². The van der Waals surface area contributed by atoms with Gasteiger partial charge in [-0.15, -0.1) is 0 Å². The Kier molecular flexibility index (Phi) is 6.29. The molecule has 0 amide bonds. The zero-order chi connectivity index (χ0) is 13.5. The second-order valence-corrected chi connectivity index (χ2v) is 6.19. The Hall–Kier alpha value is -0.941. The summed E-state index contributed by atoms with van der Waals surface area (Å²) >= 11 is -0.211. The fourth-order valence-corrected chi connectivity index (χ4v) is 3.68. The summed E-state index contributed by atoms with van der Waals surface area (Å²) in [5, 5.41) is 30.5. The Balaban J connectivity index is 2.60. The maximum atomic E-state index is 10.8. The summed E-state index contributed by atoms with van der Waals surface area (Å²) < 4.78 is 0.651. The first-order valence-corrected chi connectivity index (χ1v) is 7.85. The van der Waals surface area contributed by atoms with Gasteiger partial charge in [0.15, 0.2) is 0 Å².